The first-order valence-corrected chi connectivity index (χ1v) is 8.01. The van der Waals surface area contributed by atoms with E-state index < -0.39 is 11.9 Å². The highest BCUT2D eigenvalue weighted by Gasteiger charge is 2.15. The predicted octanol–water partition coefficient (Wildman–Crippen LogP) is 1.93. The summed E-state index contributed by atoms with van der Waals surface area (Å²) >= 11 is 0. The molecule has 136 valence electrons. The van der Waals surface area contributed by atoms with E-state index in [-0.39, 0.29) is 5.97 Å². The summed E-state index contributed by atoms with van der Waals surface area (Å²) in [5, 5.41) is 14.8. The van der Waals surface area contributed by atoms with E-state index in [4.69, 9.17) is 24.5 Å². The molecule has 1 saturated heterocycles. The van der Waals surface area contributed by atoms with Crippen molar-refractivity contribution < 1.29 is 29.3 Å². The quantitative estimate of drug-likeness (QED) is 0.486. The van der Waals surface area contributed by atoms with Crippen LogP contribution < -0.4 is 0 Å². The van der Waals surface area contributed by atoms with Crippen molar-refractivity contribution in [2.45, 2.75) is 26.3 Å². The maximum atomic E-state index is 11.4. The van der Waals surface area contributed by atoms with Crippen LogP contribution in [0.15, 0.2) is 42.0 Å². The summed E-state index contributed by atoms with van der Waals surface area (Å²) in [5.41, 5.74) is 2.56. The molecule has 1 fully saturated rings. The topological polar surface area (TPSA) is 104 Å². The van der Waals surface area contributed by atoms with Gasteiger partial charge in [-0.05, 0) is 25.3 Å². The van der Waals surface area contributed by atoms with Crippen molar-refractivity contribution in [2.24, 2.45) is 0 Å². The van der Waals surface area contributed by atoms with Crippen LogP contribution in [0.3, 0.4) is 0 Å². The Bertz CT molecular complexity index is 589. The average molecular weight is 349 g/mol. The summed E-state index contributed by atoms with van der Waals surface area (Å²) in [4.78, 5) is 32.0. The monoisotopic (exact) mass is 349 g/mol. The molecule has 1 aromatic carbocycles. The number of carboxylic acids is 2. The third-order valence-corrected chi connectivity index (χ3v) is 3.54. The van der Waals surface area contributed by atoms with Gasteiger partial charge in [0.05, 0.1) is 6.61 Å². The van der Waals surface area contributed by atoms with E-state index in [1.54, 1.807) is 6.08 Å². The van der Waals surface area contributed by atoms with Crippen LogP contribution >= 0.6 is 0 Å². The highest BCUT2D eigenvalue weighted by molar-refractivity contribution is 6.27. The molecule has 1 aliphatic rings. The fraction of sp³-hybridized carbons (Fsp3) is 0.389. The molecule has 2 rings (SSSR count). The number of carboxylic acid groups (broad SMARTS) is 2. The normalized spacial score (nSPS) is 14.0. The van der Waals surface area contributed by atoms with Gasteiger partial charge in [-0.2, -0.15) is 0 Å². The summed E-state index contributed by atoms with van der Waals surface area (Å²) in [6.45, 7) is 5.30. The lowest BCUT2D eigenvalue weighted by Gasteiger charge is -2.28. The van der Waals surface area contributed by atoms with Crippen molar-refractivity contribution >= 4 is 17.9 Å². The first-order chi connectivity index (χ1) is 11.9. The Labute approximate surface area is 146 Å². The number of hydrogen-bond donors (Lipinski definition) is 2. The second-order valence-electron chi connectivity index (χ2n) is 5.43. The van der Waals surface area contributed by atoms with Crippen molar-refractivity contribution in [1.82, 2.24) is 4.90 Å². The standard InChI is InChI=1S/C16H21NO2.C2H2O4/c1-2-19-16(18)12-14-8-10-17(11-9-14)13-15-6-4-3-5-7-15;3-1(4)2(5)6/h3-7,12H,2,8-11,13H2,1H3;(H,3,4)(H,5,6). The van der Waals surface area contributed by atoms with E-state index in [0.29, 0.717) is 6.61 Å². The van der Waals surface area contributed by atoms with Crippen LogP contribution in [0.4, 0.5) is 0 Å². The molecule has 0 aromatic heterocycles. The zero-order valence-corrected chi connectivity index (χ0v) is 14.2. The van der Waals surface area contributed by atoms with E-state index in [2.05, 4.69) is 29.2 Å². The van der Waals surface area contributed by atoms with Gasteiger partial charge in [0.15, 0.2) is 0 Å². The van der Waals surface area contributed by atoms with Crippen LogP contribution in [0, 0.1) is 0 Å². The number of hydrogen-bond acceptors (Lipinski definition) is 5. The number of aliphatic carboxylic acids is 2. The second kappa shape index (κ2) is 11.0. The van der Waals surface area contributed by atoms with Gasteiger partial charge in [-0.3, -0.25) is 4.90 Å². The highest BCUT2D eigenvalue weighted by atomic mass is 16.5. The lowest BCUT2D eigenvalue weighted by molar-refractivity contribution is -0.159. The number of carbonyl (C=O) groups excluding carboxylic acids is 1. The molecule has 0 amide bonds. The molecule has 7 nitrogen and oxygen atoms in total. The zero-order valence-electron chi connectivity index (χ0n) is 14.2. The highest BCUT2D eigenvalue weighted by Crippen LogP contribution is 2.18. The first kappa shape index (κ1) is 20.4. The minimum Gasteiger partial charge on any atom is -0.473 e. The van der Waals surface area contributed by atoms with Gasteiger partial charge < -0.3 is 14.9 Å². The SMILES string of the molecule is CCOC(=O)C=C1CCN(Cc2ccccc2)CC1.O=C(O)C(=O)O. The third-order valence-electron chi connectivity index (χ3n) is 3.54. The number of piperidine rings is 1. The maximum absolute atomic E-state index is 11.4. The van der Waals surface area contributed by atoms with E-state index in [1.807, 2.05) is 13.0 Å². The summed E-state index contributed by atoms with van der Waals surface area (Å²) in [7, 11) is 0. The number of carbonyl (C=O) groups is 3. The van der Waals surface area contributed by atoms with Crippen LogP contribution in [0.2, 0.25) is 0 Å². The minimum absolute atomic E-state index is 0.200. The van der Waals surface area contributed by atoms with Crippen molar-refractivity contribution in [3.63, 3.8) is 0 Å². The van der Waals surface area contributed by atoms with E-state index >= 15 is 0 Å². The Kier molecular flexibility index (Phi) is 8.95. The second-order valence-corrected chi connectivity index (χ2v) is 5.43. The smallest absolute Gasteiger partial charge is 0.414 e. The van der Waals surface area contributed by atoms with Crippen LogP contribution in [0.5, 0.6) is 0 Å². The van der Waals surface area contributed by atoms with Crippen LogP contribution in [0.1, 0.15) is 25.3 Å². The Hall–Kier alpha value is -2.67. The zero-order chi connectivity index (χ0) is 18.7. The number of benzene rings is 1. The minimum atomic E-state index is -1.82. The average Bonchev–Trinajstić information content (AvgIpc) is 2.58. The molecule has 1 heterocycles. The summed E-state index contributed by atoms with van der Waals surface area (Å²) in [6.07, 6.45) is 3.60. The molecule has 1 aromatic rings. The number of rotatable bonds is 4. The molecule has 0 atom stereocenters. The Morgan fingerprint density at radius 3 is 2.12 bits per heavy atom. The number of esters is 1. The molecule has 0 spiro atoms. The maximum Gasteiger partial charge on any atom is 0.414 e. The van der Waals surface area contributed by atoms with Crippen LogP contribution in [0.25, 0.3) is 0 Å². The van der Waals surface area contributed by atoms with Crippen molar-refractivity contribution in [3.8, 4) is 0 Å². The van der Waals surface area contributed by atoms with Gasteiger partial charge in [0.1, 0.15) is 0 Å². The molecule has 2 N–H and O–H groups in total. The molecular weight excluding hydrogens is 326 g/mol. The summed E-state index contributed by atoms with van der Waals surface area (Å²) in [6, 6.07) is 10.5. The molecular formula is C18H23NO6. The van der Waals surface area contributed by atoms with Gasteiger partial charge in [-0.25, -0.2) is 14.4 Å². The lowest BCUT2D eigenvalue weighted by atomic mass is 10.0. The summed E-state index contributed by atoms with van der Waals surface area (Å²) in [5.74, 6) is -3.85. The molecule has 0 radical (unpaired) electrons. The Morgan fingerprint density at radius 2 is 1.64 bits per heavy atom. The number of likely N-dealkylation sites (tertiary alicyclic amines) is 1. The first-order valence-electron chi connectivity index (χ1n) is 8.01. The van der Waals surface area contributed by atoms with E-state index in [0.717, 1.165) is 32.5 Å². The lowest BCUT2D eigenvalue weighted by Crippen LogP contribution is -2.30. The van der Waals surface area contributed by atoms with Crippen LogP contribution in [-0.2, 0) is 25.7 Å². The van der Waals surface area contributed by atoms with Gasteiger partial charge >= 0.3 is 17.9 Å². The van der Waals surface area contributed by atoms with Crippen molar-refractivity contribution in [2.75, 3.05) is 19.7 Å². The van der Waals surface area contributed by atoms with Crippen molar-refractivity contribution in [3.05, 3.63) is 47.5 Å². The van der Waals surface area contributed by atoms with Gasteiger partial charge in [0.25, 0.3) is 0 Å². The Balaban J connectivity index is 0.000000450. The van der Waals surface area contributed by atoms with E-state index in [9.17, 15) is 4.79 Å². The number of ether oxygens (including phenoxy) is 1. The summed E-state index contributed by atoms with van der Waals surface area (Å²) < 4.78 is 4.94. The van der Waals surface area contributed by atoms with Gasteiger partial charge in [-0.1, -0.05) is 35.9 Å². The van der Waals surface area contributed by atoms with Gasteiger partial charge in [0, 0.05) is 25.7 Å². The van der Waals surface area contributed by atoms with Crippen molar-refractivity contribution in [1.29, 1.82) is 0 Å². The molecule has 0 bridgehead atoms. The Morgan fingerprint density at radius 1 is 1.08 bits per heavy atom. The third kappa shape index (κ3) is 8.66. The number of nitrogens with zero attached hydrogens (tertiary/aromatic N) is 1. The molecule has 0 saturated carbocycles. The van der Waals surface area contributed by atoms with Crippen LogP contribution in [-0.4, -0.2) is 52.7 Å². The molecule has 0 unspecified atom stereocenters. The fourth-order valence-corrected chi connectivity index (χ4v) is 2.33. The van der Waals surface area contributed by atoms with Gasteiger partial charge in [0.2, 0.25) is 0 Å². The molecule has 7 heteroatoms. The van der Waals surface area contributed by atoms with E-state index in [1.165, 1.54) is 11.1 Å². The molecule has 0 aliphatic carbocycles. The molecule has 1 aliphatic heterocycles. The molecule has 25 heavy (non-hydrogen) atoms. The largest absolute Gasteiger partial charge is 0.473 e. The van der Waals surface area contributed by atoms with Gasteiger partial charge in [-0.15, -0.1) is 0 Å². The fourth-order valence-electron chi connectivity index (χ4n) is 2.33. The predicted molar refractivity (Wildman–Crippen MR) is 90.9 cm³/mol.